The van der Waals surface area contributed by atoms with Gasteiger partial charge in [-0.15, -0.1) is 0 Å². The molecule has 1 aromatic heterocycles. The highest BCUT2D eigenvalue weighted by molar-refractivity contribution is 7.99. The fourth-order valence-corrected chi connectivity index (χ4v) is 4.09. The summed E-state index contributed by atoms with van der Waals surface area (Å²) in [6.07, 6.45) is 0. The first-order valence-corrected chi connectivity index (χ1v) is 10.6. The Balaban J connectivity index is 1.25. The van der Waals surface area contributed by atoms with Crippen LogP contribution in [0, 0.1) is 0 Å². The molecule has 7 nitrogen and oxygen atoms in total. The van der Waals surface area contributed by atoms with Gasteiger partial charge in [0.1, 0.15) is 0 Å². The van der Waals surface area contributed by atoms with Gasteiger partial charge in [-0.2, -0.15) is 0 Å². The minimum atomic E-state index is -0.140. The van der Waals surface area contributed by atoms with Gasteiger partial charge < -0.3 is 20.1 Å². The maximum atomic E-state index is 12.5. The molecule has 150 valence electrons. The van der Waals surface area contributed by atoms with E-state index in [1.165, 1.54) is 11.8 Å². The molecule has 0 aliphatic carbocycles. The third-order valence-corrected chi connectivity index (χ3v) is 5.79. The van der Waals surface area contributed by atoms with E-state index in [1.807, 2.05) is 42.5 Å². The number of amides is 3. The third kappa shape index (κ3) is 4.83. The largest absolute Gasteiger partial charge is 0.338 e. The van der Waals surface area contributed by atoms with Crippen LogP contribution < -0.4 is 5.32 Å². The highest BCUT2D eigenvalue weighted by Gasteiger charge is 2.24. The van der Waals surface area contributed by atoms with Gasteiger partial charge in [0.05, 0.1) is 16.8 Å². The van der Waals surface area contributed by atoms with Crippen LogP contribution in [0.1, 0.15) is 0 Å². The minimum absolute atomic E-state index is 0.0385. The molecule has 9 heteroatoms. The number of thioether (sulfide) groups is 1. The van der Waals surface area contributed by atoms with Crippen LogP contribution >= 0.6 is 23.4 Å². The highest BCUT2D eigenvalue weighted by atomic mass is 35.5. The Bertz CT molecular complexity index is 1020. The molecular weight excluding hydrogens is 410 g/mol. The van der Waals surface area contributed by atoms with Gasteiger partial charge in [-0.3, -0.25) is 4.79 Å². The van der Waals surface area contributed by atoms with Crippen molar-refractivity contribution in [2.45, 2.75) is 5.16 Å². The van der Waals surface area contributed by atoms with Gasteiger partial charge in [-0.25, -0.2) is 9.78 Å². The Morgan fingerprint density at radius 3 is 2.55 bits per heavy atom. The number of nitrogens with one attached hydrogen (secondary N) is 2. The number of hydrogen-bond donors (Lipinski definition) is 2. The molecule has 0 saturated carbocycles. The molecular formula is C20H20ClN5O2S. The van der Waals surface area contributed by atoms with E-state index in [9.17, 15) is 9.59 Å². The lowest BCUT2D eigenvalue weighted by Crippen LogP contribution is -2.52. The molecule has 2 N–H and O–H groups in total. The van der Waals surface area contributed by atoms with Crippen molar-refractivity contribution in [3.8, 4) is 0 Å². The number of fused-ring (bicyclic) bond motifs is 1. The predicted molar refractivity (Wildman–Crippen MR) is 115 cm³/mol. The Labute approximate surface area is 177 Å². The number of benzene rings is 2. The summed E-state index contributed by atoms with van der Waals surface area (Å²) in [6, 6.07) is 14.7. The number of piperazine rings is 1. The summed E-state index contributed by atoms with van der Waals surface area (Å²) in [7, 11) is 0. The lowest BCUT2D eigenvalue weighted by molar-refractivity contribution is -0.129. The fourth-order valence-electron chi connectivity index (χ4n) is 3.13. The molecule has 2 heterocycles. The molecule has 3 amide bonds. The maximum absolute atomic E-state index is 12.5. The molecule has 0 bridgehead atoms. The molecule has 2 aromatic carbocycles. The number of halogens is 1. The predicted octanol–water partition coefficient (Wildman–Crippen LogP) is 3.68. The number of hydrogen-bond acceptors (Lipinski definition) is 4. The van der Waals surface area contributed by atoms with E-state index in [0.717, 1.165) is 16.7 Å². The van der Waals surface area contributed by atoms with Crippen LogP contribution in [-0.2, 0) is 4.79 Å². The average molecular weight is 430 g/mol. The number of para-hydroxylation sites is 1. The van der Waals surface area contributed by atoms with E-state index in [0.29, 0.717) is 42.1 Å². The van der Waals surface area contributed by atoms with Crippen LogP contribution in [0.4, 0.5) is 10.5 Å². The average Bonchev–Trinajstić information content (AvgIpc) is 3.15. The lowest BCUT2D eigenvalue weighted by atomic mass is 10.3. The lowest BCUT2D eigenvalue weighted by Gasteiger charge is -2.34. The maximum Gasteiger partial charge on any atom is 0.321 e. The second-order valence-electron chi connectivity index (χ2n) is 6.66. The molecule has 0 unspecified atom stereocenters. The molecule has 3 aromatic rings. The summed E-state index contributed by atoms with van der Waals surface area (Å²) in [6.45, 7) is 2.07. The normalized spacial score (nSPS) is 14.2. The molecule has 1 saturated heterocycles. The number of nitrogens with zero attached hydrogens (tertiary/aromatic N) is 3. The van der Waals surface area contributed by atoms with Crippen molar-refractivity contribution in [1.29, 1.82) is 0 Å². The summed E-state index contributed by atoms with van der Waals surface area (Å²) >= 11 is 7.36. The number of imidazole rings is 1. The summed E-state index contributed by atoms with van der Waals surface area (Å²) in [5.74, 6) is 0.334. The summed E-state index contributed by atoms with van der Waals surface area (Å²) in [5.41, 5.74) is 2.44. The zero-order valence-electron chi connectivity index (χ0n) is 15.6. The van der Waals surface area contributed by atoms with Gasteiger partial charge in [0.2, 0.25) is 5.91 Å². The molecule has 1 aliphatic rings. The van der Waals surface area contributed by atoms with Gasteiger partial charge in [0.25, 0.3) is 0 Å². The van der Waals surface area contributed by atoms with Crippen LogP contribution in [0.15, 0.2) is 53.7 Å². The summed E-state index contributed by atoms with van der Waals surface area (Å²) in [5, 5.41) is 4.21. The Morgan fingerprint density at radius 2 is 1.79 bits per heavy atom. The zero-order valence-corrected chi connectivity index (χ0v) is 17.2. The van der Waals surface area contributed by atoms with Crippen LogP contribution in [-0.4, -0.2) is 63.6 Å². The number of urea groups is 1. The summed E-state index contributed by atoms with van der Waals surface area (Å²) in [4.78, 5) is 36.0. The molecule has 0 spiro atoms. The standard InChI is InChI=1S/C20H20ClN5O2S/c21-14-6-7-16-17(12-14)24-19(23-16)29-13-18(27)25-8-10-26(11-9-25)20(28)22-15-4-2-1-3-5-15/h1-7,12H,8-11,13H2,(H,22,28)(H,23,24). The smallest absolute Gasteiger partial charge is 0.321 e. The molecule has 1 fully saturated rings. The monoisotopic (exact) mass is 429 g/mol. The van der Waals surface area contributed by atoms with Crippen molar-refractivity contribution >= 4 is 52.0 Å². The molecule has 29 heavy (non-hydrogen) atoms. The van der Waals surface area contributed by atoms with E-state index >= 15 is 0 Å². The topological polar surface area (TPSA) is 81.3 Å². The van der Waals surface area contributed by atoms with Crippen molar-refractivity contribution in [2.24, 2.45) is 0 Å². The number of rotatable bonds is 4. The molecule has 0 radical (unpaired) electrons. The van der Waals surface area contributed by atoms with E-state index in [-0.39, 0.29) is 11.9 Å². The molecule has 0 atom stereocenters. The van der Waals surface area contributed by atoms with Crippen molar-refractivity contribution in [3.05, 3.63) is 53.6 Å². The van der Waals surface area contributed by atoms with Crippen LogP contribution in [0.5, 0.6) is 0 Å². The first-order chi connectivity index (χ1) is 14.1. The first kappa shape index (κ1) is 19.6. The molecule has 1 aliphatic heterocycles. The van der Waals surface area contributed by atoms with E-state index < -0.39 is 0 Å². The number of aromatic amines is 1. The highest BCUT2D eigenvalue weighted by Crippen LogP contribution is 2.22. The number of anilines is 1. The minimum Gasteiger partial charge on any atom is -0.338 e. The summed E-state index contributed by atoms with van der Waals surface area (Å²) < 4.78 is 0. The van der Waals surface area contributed by atoms with Crippen molar-refractivity contribution in [3.63, 3.8) is 0 Å². The number of aromatic nitrogens is 2. The van der Waals surface area contributed by atoms with Crippen LogP contribution in [0.3, 0.4) is 0 Å². The van der Waals surface area contributed by atoms with Gasteiger partial charge in [-0.1, -0.05) is 41.6 Å². The Hall–Kier alpha value is -2.71. The van der Waals surface area contributed by atoms with Gasteiger partial charge in [-0.05, 0) is 30.3 Å². The third-order valence-electron chi connectivity index (χ3n) is 4.70. The fraction of sp³-hybridized carbons (Fsp3) is 0.250. The second kappa shape index (κ2) is 8.75. The Kier molecular flexibility index (Phi) is 5.92. The number of carbonyl (C=O) groups excluding carboxylic acids is 2. The number of carbonyl (C=O) groups is 2. The molecule has 4 rings (SSSR count). The van der Waals surface area contributed by atoms with E-state index in [4.69, 9.17) is 11.6 Å². The van der Waals surface area contributed by atoms with Crippen LogP contribution in [0.2, 0.25) is 5.02 Å². The van der Waals surface area contributed by atoms with Crippen molar-refractivity contribution in [1.82, 2.24) is 19.8 Å². The van der Waals surface area contributed by atoms with Crippen molar-refractivity contribution in [2.75, 3.05) is 37.2 Å². The van der Waals surface area contributed by atoms with Gasteiger partial charge in [0.15, 0.2) is 5.16 Å². The van der Waals surface area contributed by atoms with Gasteiger partial charge >= 0.3 is 6.03 Å². The zero-order chi connectivity index (χ0) is 20.2. The van der Waals surface area contributed by atoms with Gasteiger partial charge in [0, 0.05) is 36.9 Å². The first-order valence-electron chi connectivity index (χ1n) is 9.25. The van der Waals surface area contributed by atoms with Crippen molar-refractivity contribution < 1.29 is 9.59 Å². The number of H-pyrrole nitrogens is 1. The van der Waals surface area contributed by atoms with E-state index in [2.05, 4.69) is 15.3 Å². The van der Waals surface area contributed by atoms with Crippen LogP contribution in [0.25, 0.3) is 11.0 Å². The second-order valence-corrected chi connectivity index (χ2v) is 8.06. The van der Waals surface area contributed by atoms with E-state index in [1.54, 1.807) is 15.9 Å². The Morgan fingerprint density at radius 1 is 1.07 bits per heavy atom. The SMILES string of the molecule is O=C(CSc1nc2ccc(Cl)cc2[nH]1)N1CCN(C(=O)Nc2ccccc2)CC1. The quantitative estimate of drug-likeness (QED) is 0.620.